The number of benzene rings is 3. The summed E-state index contributed by atoms with van der Waals surface area (Å²) in [7, 11) is 0. The van der Waals surface area contributed by atoms with E-state index in [1.165, 1.54) is 5.56 Å². The molecule has 36 heavy (non-hydrogen) atoms. The second-order valence-corrected chi connectivity index (χ2v) is 8.84. The summed E-state index contributed by atoms with van der Waals surface area (Å²) >= 11 is 5.41. The van der Waals surface area contributed by atoms with Gasteiger partial charge in [0.15, 0.2) is 0 Å². The van der Waals surface area contributed by atoms with Gasteiger partial charge in [-0.25, -0.2) is 4.98 Å². The summed E-state index contributed by atoms with van der Waals surface area (Å²) in [5.41, 5.74) is 4.08. The number of hydrogen-bond acceptors (Lipinski definition) is 5. The molecule has 1 heterocycles. The zero-order chi connectivity index (χ0) is 25.3. The smallest absolute Gasteiger partial charge is 0.323 e. The second-order valence-electron chi connectivity index (χ2n) is 8.49. The minimum absolute atomic E-state index is 0.129. The fraction of sp³-hybridized carbons (Fsp3) is 0.207. The van der Waals surface area contributed by atoms with Crippen LogP contribution >= 0.6 is 12.2 Å². The summed E-state index contributed by atoms with van der Waals surface area (Å²) in [6, 6.07) is 27.1. The Morgan fingerprint density at radius 3 is 2.39 bits per heavy atom. The molecule has 0 bridgehead atoms. The van der Waals surface area contributed by atoms with Crippen molar-refractivity contribution in [3.05, 3.63) is 108 Å². The summed E-state index contributed by atoms with van der Waals surface area (Å²) in [5, 5.41) is 9.51. The number of ether oxygens (including phenoxy) is 1. The van der Waals surface area contributed by atoms with Gasteiger partial charge in [-0.3, -0.25) is 4.79 Å². The first-order valence-electron chi connectivity index (χ1n) is 11.8. The number of oxazole rings is 1. The summed E-state index contributed by atoms with van der Waals surface area (Å²) in [6.45, 7) is 2.05. The fourth-order valence-electron chi connectivity index (χ4n) is 3.93. The monoisotopic (exact) mass is 500 g/mol. The Hall–Kier alpha value is -3.97. The minimum Gasteiger partial charge on any atom is -0.480 e. The predicted octanol–water partition coefficient (Wildman–Crippen LogP) is 6.08. The zero-order valence-corrected chi connectivity index (χ0v) is 20.9. The van der Waals surface area contributed by atoms with Gasteiger partial charge in [0.25, 0.3) is 5.17 Å². The molecule has 0 atom stereocenters. The van der Waals surface area contributed by atoms with E-state index in [0.29, 0.717) is 18.2 Å². The molecule has 1 N–H and O–H groups in total. The van der Waals surface area contributed by atoms with Gasteiger partial charge in [0, 0.05) is 12.1 Å². The first kappa shape index (κ1) is 25.1. The third-order valence-corrected chi connectivity index (χ3v) is 6.03. The van der Waals surface area contributed by atoms with Crippen LogP contribution in [0.25, 0.3) is 11.5 Å². The van der Waals surface area contributed by atoms with E-state index in [1.54, 1.807) is 17.0 Å². The number of aliphatic carboxylic acids is 1. The van der Waals surface area contributed by atoms with Gasteiger partial charge < -0.3 is 19.2 Å². The van der Waals surface area contributed by atoms with Crippen LogP contribution in [-0.2, 0) is 24.2 Å². The third kappa shape index (κ3) is 7.02. The van der Waals surface area contributed by atoms with Gasteiger partial charge in [-0.15, -0.1) is 0 Å². The van der Waals surface area contributed by atoms with Crippen molar-refractivity contribution in [2.75, 3.05) is 6.54 Å². The van der Waals surface area contributed by atoms with Gasteiger partial charge >= 0.3 is 5.97 Å². The average molecular weight is 501 g/mol. The molecule has 6 nitrogen and oxygen atoms in total. The molecule has 1 aromatic heterocycles. The number of nitrogens with zero attached hydrogens (tertiary/aromatic N) is 2. The molecule has 7 heteroatoms. The molecule has 184 valence electrons. The average Bonchev–Trinajstić information content (AvgIpc) is 3.25. The summed E-state index contributed by atoms with van der Waals surface area (Å²) in [5.74, 6) is 1.10. The van der Waals surface area contributed by atoms with E-state index < -0.39 is 5.97 Å². The highest BCUT2D eigenvalue weighted by atomic mass is 32.1. The molecule has 0 fully saturated rings. The van der Waals surface area contributed by atoms with Crippen LogP contribution in [0.4, 0.5) is 0 Å². The first-order chi connectivity index (χ1) is 17.5. The van der Waals surface area contributed by atoms with Crippen LogP contribution in [0.2, 0.25) is 0 Å². The SMILES string of the molecule is Cc1oc(-c2ccccc2)nc1CCCc1cccc(CN(CC(=O)O)C(=S)Oc2ccccc2)c1. The Labute approximate surface area is 216 Å². The van der Waals surface area contributed by atoms with Crippen molar-refractivity contribution in [1.82, 2.24) is 9.88 Å². The van der Waals surface area contributed by atoms with E-state index in [-0.39, 0.29) is 11.7 Å². The second kappa shape index (κ2) is 12.1. The lowest BCUT2D eigenvalue weighted by Gasteiger charge is -2.23. The van der Waals surface area contributed by atoms with E-state index in [0.717, 1.165) is 41.8 Å². The molecule has 0 amide bonds. The number of aryl methyl sites for hydroxylation is 3. The molecule has 0 aliphatic heterocycles. The number of thiocarbonyl (C=S) groups is 1. The quantitative estimate of drug-likeness (QED) is 0.265. The largest absolute Gasteiger partial charge is 0.480 e. The Bertz CT molecular complexity index is 1310. The van der Waals surface area contributed by atoms with Crippen molar-refractivity contribution in [2.24, 2.45) is 0 Å². The normalized spacial score (nSPS) is 10.7. The Kier molecular flexibility index (Phi) is 8.47. The Morgan fingerprint density at radius 2 is 1.67 bits per heavy atom. The van der Waals surface area contributed by atoms with Crippen molar-refractivity contribution in [3.63, 3.8) is 0 Å². The Morgan fingerprint density at radius 1 is 0.972 bits per heavy atom. The van der Waals surface area contributed by atoms with E-state index in [4.69, 9.17) is 26.4 Å². The number of para-hydroxylation sites is 1. The molecule has 0 radical (unpaired) electrons. The number of hydrogen-bond donors (Lipinski definition) is 1. The van der Waals surface area contributed by atoms with Crippen molar-refractivity contribution in [1.29, 1.82) is 0 Å². The van der Waals surface area contributed by atoms with E-state index in [2.05, 4.69) is 12.1 Å². The molecule has 0 aliphatic carbocycles. The van der Waals surface area contributed by atoms with Crippen LogP contribution in [0.1, 0.15) is 29.0 Å². The molecular weight excluding hydrogens is 472 g/mol. The predicted molar refractivity (Wildman–Crippen MR) is 143 cm³/mol. The highest BCUT2D eigenvalue weighted by Crippen LogP contribution is 2.23. The van der Waals surface area contributed by atoms with Crippen LogP contribution in [0, 0.1) is 6.92 Å². The van der Waals surface area contributed by atoms with Crippen LogP contribution in [0.3, 0.4) is 0 Å². The molecule has 0 aliphatic rings. The molecule has 0 saturated carbocycles. The summed E-state index contributed by atoms with van der Waals surface area (Å²) in [6.07, 6.45) is 2.59. The standard InChI is InChI=1S/C29H28N2O4S/c1-21-26(30-28(34-21)24-13-4-2-5-14-24)17-9-11-22-10-8-12-23(18-22)19-31(20-27(32)33)29(36)35-25-15-6-3-7-16-25/h2-8,10,12-16,18H,9,11,17,19-20H2,1H3,(H,32,33). The van der Waals surface area contributed by atoms with E-state index >= 15 is 0 Å². The van der Waals surface area contributed by atoms with Crippen LogP contribution < -0.4 is 4.74 Å². The number of carboxylic acid groups (broad SMARTS) is 1. The van der Waals surface area contributed by atoms with Crippen molar-refractivity contribution in [2.45, 2.75) is 32.7 Å². The van der Waals surface area contributed by atoms with Gasteiger partial charge in [-0.1, -0.05) is 60.7 Å². The lowest BCUT2D eigenvalue weighted by molar-refractivity contribution is -0.137. The molecule has 0 spiro atoms. The topological polar surface area (TPSA) is 75.8 Å². The van der Waals surface area contributed by atoms with Crippen LogP contribution in [0.5, 0.6) is 5.75 Å². The number of rotatable bonds is 10. The van der Waals surface area contributed by atoms with Gasteiger partial charge in [0.2, 0.25) is 5.89 Å². The molecular formula is C29H28N2O4S. The number of carbonyl (C=O) groups is 1. The highest BCUT2D eigenvalue weighted by molar-refractivity contribution is 7.80. The van der Waals surface area contributed by atoms with E-state index in [1.807, 2.05) is 67.6 Å². The van der Waals surface area contributed by atoms with Gasteiger partial charge in [-0.2, -0.15) is 0 Å². The molecule has 0 unspecified atom stereocenters. The minimum atomic E-state index is -0.969. The number of aromatic nitrogens is 1. The maximum atomic E-state index is 11.4. The zero-order valence-electron chi connectivity index (χ0n) is 20.1. The summed E-state index contributed by atoms with van der Waals surface area (Å²) in [4.78, 5) is 17.7. The maximum absolute atomic E-state index is 11.4. The first-order valence-corrected chi connectivity index (χ1v) is 12.2. The highest BCUT2D eigenvalue weighted by Gasteiger charge is 2.17. The number of carboxylic acids is 1. The van der Waals surface area contributed by atoms with Crippen molar-refractivity contribution < 1.29 is 19.1 Å². The van der Waals surface area contributed by atoms with Crippen molar-refractivity contribution in [3.8, 4) is 17.2 Å². The molecule has 0 saturated heterocycles. The molecule has 4 rings (SSSR count). The van der Waals surface area contributed by atoms with Gasteiger partial charge in [0.05, 0.1) is 5.69 Å². The maximum Gasteiger partial charge on any atom is 0.323 e. The lowest BCUT2D eigenvalue weighted by atomic mass is 10.0. The molecule has 3 aromatic carbocycles. The lowest BCUT2D eigenvalue weighted by Crippen LogP contribution is -2.37. The van der Waals surface area contributed by atoms with Gasteiger partial charge in [0.1, 0.15) is 18.1 Å². The van der Waals surface area contributed by atoms with Crippen molar-refractivity contribution >= 4 is 23.4 Å². The van der Waals surface area contributed by atoms with Crippen LogP contribution in [0.15, 0.2) is 89.3 Å². The van der Waals surface area contributed by atoms with Crippen LogP contribution in [-0.4, -0.2) is 32.7 Å². The molecule has 4 aromatic rings. The Balaban J connectivity index is 1.36. The van der Waals surface area contributed by atoms with E-state index in [9.17, 15) is 9.90 Å². The summed E-state index contributed by atoms with van der Waals surface area (Å²) < 4.78 is 11.6. The van der Waals surface area contributed by atoms with Gasteiger partial charge in [-0.05, 0) is 73.8 Å². The third-order valence-electron chi connectivity index (χ3n) is 5.69. The fourth-order valence-corrected chi connectivity index (χ4v) is 4.16.